The minimum absolute atomic E-state index is 0.628. The van der Waals surface area contributed by atoms with Crippen LogP contribution in [0.1, 0.15) is 65.7 Å². The van der Waals surface area contributed by atoms with Crippen LogP contribution in [-0.4, -0.2) is 49.2 Å². The highest BCUT2D eigenvalue weighted by Crippen LogP contribution is 2.28. The third-order valence-electron chi connectivity index (χ3n) is 5.28. The summed E-state index contributed by atoms with van der Waals surface area (Å²) < 4.78 is 0. The van der Waals surface area contributed by atoms with Gasteiger partial charge in [0.25, 0.3) is 0 Å². The molecule has 2 aliphatic rings. The van der Waals surface area contributed by atoms with Gasteiger partial charge in [-0.05, 0) is 65.1 Å². The Kier molecular flexibility index (Phi) is 6.97. The fourth-order valence-corrected chi connectivity index (χ4v) is 4.27. The van der Waals surface area contributed by atoms with Crippen LogP contribution in [-0.2, 0) is 0 Å². The molecule has 3 atom stereocenters. The molecule has 2 fully saturated rings. The van der Waals surface area contributed by atoms with Crippen LogP contribution in [0.3, 0.4) is 0 Å². The highest BCUT2D eigenvalue weighted by atomic mass is 15.1. The van der Waals surface area contributed by atoms with E-state index < -0.39 is 0 Å². The molecule has 0 radical (unpaired) electrons. The van der Waals surface area contributed by atoms with Crippen molar-refractivity contribution < 1.29 is 0 Å². The van der Waals surface area contributed by atoms with Gasteiger partial charge in [0.2, 0.25) is 0 Å². The van der Waals surface area contributed by atoms with Crippen molar-refractivity contribution in [1.29, 1.82) is 0 Å². The third-order valence-corrected chi connectivity index (χ3v) is 5.28. The van der Waals surface area contributed by atoms with Crippen LogP contribution < -0.4 is 10.6 Å². The van der Waals surface area contributed by atoms with Crippen molar-refractivity contribution >= 4 is 0 Å². The first-order valence-electron chi connectivity index (χ1n) is 9.23. The van der Waals surface area contributed by atoms with Gasteiger partial charge in [-0.15, -0.1) is 0 Å². The molecular formula is C18H37N3. The molecule has 1 aliphatic heterocycles. The largest absolute Gasteiger partial charge is 0.312 e. The Hall–Kier alpha value is -0.120. The number of piperidine rings is 1. The lowest BCUT2D eigenvalue weighted by Gasteiger charge is -2.35. The maximum absolute atomic E-state index is 3.90. The average molecular weight is 296 g/mol. The van der Waals surface area contributed by atoms with Crippen molar-refractivity contribution in [2.45, 2.75) is 89.9 Å². The van der Waals surface area contributed by atoms with Crippen LogP contribution >= 0.6 is 0 Å². The summed E-state index contributed by atoms with van der Waals surface area (Å²) >= 11 is 0. The molecule has 1 aliphatic carbocycles. The van der Waals surface area contributed by atoms with Gasteiger partial charge in [0, 0.05) is 24.2 Å². The molecule has 1 saturated heterocycles. The standard InChI is InChI=1S/C18H37N3/c1-14(2)19-18-7-5-6-16(13-18)12-15(3)20-17-8-10-21(4)11-9-17/h14-20H,5-13H2,1-4H3. The zero-order valence-corrected chi connectivity index (χ0v) is 14.7. The summed E-state index contributed by atoms with van der Waals surface area (Å²) in [4.78, 5) is 2.45. The molecule has 1 heterocycles. The van der Waals surface area contributed by atoms with E-state index in [1.54, 1.807) is 0 Å². The predicted molar refractivity (Wildman–Crippen MR) is 91.8 cm³/mol. The lowest BCUT2D eigenvalue weighted by molar-refractivity contribution is 0.206. The first-order chi connectivity index (χ1) is 10.0. The number of nitrogens with one attached hydrogen (secondary N) is 2. The van der Waals surface area contributed by atoms with E-state index in [0.717, 1.165) is 18.0 Å². The van der Waals surface area contributed by atoms with Crippen molar-refractivity contribution in [2.75, 3.05) is 20.1 Å². The average Bonchev–Trinajstić information content (AvgIpc) is 2.41. The number of rotatable bonds is 6. The fourth-order valence-electron chi connectivity index (χ4n) is 4.27. The molecule has 2 N–H and O–H groups in total. The Morgan fingerprint density at radius 3 is 2.33 bits per heavy atom. The number of hydrogen-bond donors (Lipinski definition) is 2. The van der Waals surface area contributed by atoms with Crippen LogP contribution in [0.4, 0.5) is 0 Å². The fraction of sp³-hybridized carbons (Fsp3) is 1.00. The summed E-state index contributed by atoms with van der Waals surface area (Å²) in [5, 5.41) is 7.64. The van der Waals surface area contributed by atoms with Gasteiger partial charge in [-0.2, -0.15) is 0 Å². The van der Waals surface area contributed by atoms with Gasteiger partial charge in [0.1, 0.15) is 0 Å². The Balaban J connectivity index is 1.68. The van der Waals surface area contributed by atoms with Gasteiger partial charge in [0.15, 0.2) is 0 Å². The zero-order chi connectivity index (χ0) is 15.2. The minimum atomic E-state index is 0.628. The first-order valence-corrected chi connectivity index (χ1v) is 9.23. The molecule has 3 heteroatoms. The molecule has 124 valence electrons. The molecule has 21 heavy (non-hydrogen) atoms. The van der Waals surface area contributed by atoms with E-state index in [-0.39, 0.29) is 0 Å². The summed E-state index contributed by atoms with van der Waals surface area (Å²) in [6.45, 7) is 9.46. The summed E-state index contributed by atoms with van der Waals surface area (Å²) in [5.74, 6) is 0.920. The van der Waals surface area contributed by atoms with E-state index in [0.29, 0.717) is 12.1 Å². The number of likely N-dealkylation sites (tertiary alicyclic amines) is 1. The molecule has 0 aromatic rings. The van der Waals surface area contributed by atoms with Crippen LogP contribution in [0.15, 0.2) is 0 Å². The highest BCUT2D eigenvalue weighted by molar-refractivity contribution is 4.83. The second-order valence-corrected chi connectivity index (χ2v) is 7.93. The monoisotopic (exact) mass is 295 g/mol. The normalized spacial score (nSPS) is 30.7. The first kappa shape index (κ1) is 17.2. The van der Waals surface area contributed by atoms with Crippen LogP contribution in [0.2, 0.25) is 0 Å². The molecule has 3 unspecified atom stereocenters. The van der Waals surface area contributed by atoms with Gasteiger partial charge in [-0.1, -0.05) is 26.7 Å². The SMILES string of the molecule is CC(C)NC1CCCC(CC(C)NC2CCN(C)CC2)C1. The summed E-state index contributed by atoms with van der Waals surface area (Å²) in [6, 6.07) is 2.83. The molecule has 0 aromatic carbocycles. The van der Waals surface area contributed by atoms with E-state index in [4.69, 9.17) is 0 Å². The second-order valence-electron chi connectivity index (χ2n) is 7.93. The van der Waals surface area contributed by atoms with Crippen LogP contribution in [0, 0.1) is 5.92 Å². The molecule has 0 aromatic heterocycles. The quantitative estimate of drug-likeness (QED) is 0.789. The van der Waals surface area contributed by atoms with Crippen molar-refractivity contribution in [3.05, 3.63) is 0 Å². The van der Waals surface area contributed by atoms with Gasteiger partial charge in [-0.3, -0.25) is 0 Å². The van der Waals surface area contributed by atoms with Gasteiger partial charge < -0.3 is 15.5 Å². The van der Waals surface area contributed by atoms with Crippen molar-refractivity contribution in [3.63, 3.8) is 0 Å². The molecule has 0 spiro atoms. The predicted octanol–water partition coefficient (Wildman–Crippen LogP) is 3.01. The molecule has 3 nitrogen and oxygen atoms in total. The van der Waals surface area contributed by atoms with Gasteiger partial charge in [0.05, 0.1) is 0 Å². The maximum atomic E-state index is 3.90. The minimum Gasteiger partial charge on any atom is -0.312 e. The molecule has 0 amide bonds. The Morgan fingerprint density at radius 2 is 1.67 bits per heavy atom. The Labute approximate surface area is 132 Å². The van der Waals surface area contributed by atoms with Crippen LogP contribution in [0.5, 0.6) is 0 Å². The van der Waals surface area contributed by atoms with E-state index in [1.807, 2.05) is 0 Å². The number of hydrogen-bond acceptors (Lipinski definition) is 3. The smallest absolute Gasteiger partial charge is 0.00938 e. The van der Waals surface area contributed by atoms with E-state index in [9.17, 15) is 0 Å². The van der Waals surface area contributed by atoms with Crippen molar-refractivity contribution in [1.82, 2.24) is 15.5 Å². The Bertz CT molecular complexity index is 284. The topological polar surface area (TPSA) is 27.3 Å². The van der Waals surface area contributed by atoms with E-state index in [1.165, 1.54) is 58.0 Å². The summed E-state index contributed by atoms with van der Waals surface area (Å²) in [7, 11) is 2.24. The third kappa shape index (κ3) is 6.25. The second kappa shape index (κ2) is 8.50. The van der Waals surface area contributed by atoms with E-state index >= 15 is 0 Å². The molecule has 2 rings (SSSR count). The molecular weight excluding hydrogens is 258 g/mol. The summed E-state index contributed by atoms with van der Waals surface area (Å²) in [6.07, 6.45) is 9.63. The lowest BCUT2D eigenvalue weighted by Crippen LogP contribution is -2.45. The number of nitrogens with zero attached hydrogens (tertiary/aromatic N) is 1. The molecule has 1 saturated carbocycles. The lowest BCUT2D eigenvalue weighted by atomic mass is 9.82. The van der Waals surface area contributed by atoms with Crippen molar-refractivity contribution in [2.24, 2.45) is 5.92 Å². The van der Waals surface area contributed by atoms with Crippen molar-refractivity contribution in [3.8, 4) is 0 Å². The Morgan fingerprint density at radius 1 is 0.952 bits per heavy atom. The van der Waals surface area contributed by atoms with Gasteiger partial charge >= 0.3 is 0 Å². The maximum Gasteiger partial charge on any atom is 0.00938 e. The zero-order valence-electron chi connectivity index (χ0n) is 14.7. The van der Waals surface area contributed by atoms with E-state index in [2.05, 4.69) is 43.4 Å². The van der Waals surface area contributed by atoms with Crippen LogP contribution in [0.25, 0.3) is 0 Å². The summed E-state index contributed by atoms with van der Waals surface area (Å²) in [5.41, 5.74) is 0. The highest BCUT2D eigenvalue weighted by Gasteiger charge is 2.25. The molecule has 0 bridgehead atoms. The van der Waals surface area contributed by atoms with Gasteiger partial charge in [-0.25, -0.2) is 0 Å².